The van der Waals surface area contributed by atoms with Gasteiger partial charge in [-0.05, 0) is 57.2 Å². The molecule has 5 nitrogen and oxygen atoms in total. The van der Waals surface area contributed by atoms with Gasteiger partial charge in [-0.15, -0.1) is 11.6 Å². The number of alkyl halides is 4. The van der Waals surface area contributed by atoms with Crippen LogP contribution >= 0.6 is 11.6 Å². The molecule has 0 radical (unpaired) electrons. The van der Waals surface area contributed by atoms with E-state index in [9.17, 15) is 27.6 Å². The van der Waals surface area contributed by atoms with Gasteiger partial charge in [-0.1, -0.05) is 26.0 Å². The predicted octanol–water partition coefficient (Wildman–Crippen LogP) is 5.38. The van der Waals surface area contributed by atoms with Gasteiger partial charge >= 0.3 is 12.1 Å². The van der Waals surface area contributed by atoms with Gasteiger partial charge in [0.15, 0.2) is 5.78 Å². The van der Waals surface area contributed by atoms with Crippen LogP contribution in [0.25, 0.3) is 0 Å². The summed E-state index contributed by atoms with van der Waals surface area (Å²) in [4.78, 5) is 40.0. The normalized spacial score (nSPS) is 20.8. The van der Waals surface area contributed by atoms with Gasteiger partial charge in [0.1, 0.15) is 17.0 Å². The van der Waals surface area contributed by atoms with E-state index < -0.39 is 46.6 Å². The molecule has 0 bridgehead atoms. The summed E-state index contributed by atoms with van der Waals surface area (Å²) in [6, 6.07) is 4.43. The molecule has 0 N–H and O–H groups in total. The average molecular weight is 490 g/mol. The number of benzene rings is 1. The average Bonchev–Trinajstić information content (AvgIpc) is 2.63. The highest BCUT2D eigenvalue weighted by molar-refractivity contribution is 6.27. The summed E-state index contributed by atoms with van der Waals surface area (Å²) in [5.74, 6) is -2.08. The molecule has 0 heterocycles. The van der Waals surface area contributed by atoms with E-state index in [4.69, 9.17) is 16.3 Å². The van der Waals surface area contributed by atoms with E-state index >= 15 is 0 Å². The fraction of sp³-hybridized carbons (Fsp3) is 0.625. The van der Waals surface area contributed by atoms with Crippen molar-refractivity contribution in [2.24, 2.45) is 11.8 Å². The highest BCUT2D eigenvalue weighted by Gasteiger charge is 2.57. The van der Waals surface area contributed by atoms with Gasteiger partial charge in [0.25, 0.3) is 0 Å². The monoisotopic (exact) mass is 489 g/mol. The maximum Gasteiger partial charge on any atom is 0.416 e. The Balaban J connectivity index is 2.35. The third-order valence-corrected chi connectivity index (χ3v) is 5.80. The molecule has 1 aromatic rings. The lowest BCUT2D eigenvalue weighted by atomic mass is 9.63. The SMILES string of the molecule is CC(C)CC(=O)C1(N(Cc2ccc(C(F)(F)F)cc2)C(=O)CCl)CC(C(=O)OC(C)(C)C)C1. The second-order valence-corrected chi connectivity index (χ2v) is 10.3. The molecule has 1 saturated carbocycles. The molecule has 1 fully saturated rings. The number of rotatable bonds is 8. The van der Waals surface area contributed by atoms with Gasteiger partial charge in [0.05, 0.1) is 11.5 Å². The summed E-state index contributed by atoms with van der Waals surface area (Å²) in [6.07, 6.45) is -4.10. The minimum absolute atomic E-state index is 0.0222. The van der Waals surface area contributed by atoms with Gasteiger partial charge < -0.3 is 9.64 Å². The molecule has 0 aromatic heterocycles. The molecular weight excluding hydrogens is 459 g/mol. The lowest BCUT2D eigenvalue weighted by molar-refractivity contribution is -0.176. The fourth-order valence-corrected chi connectivity index (χ4v) is 4.14. The minimum atomic E-state index is -4.48. The Morgan fingerprint density at radius 3 is 2.09 bits per heavy atom. The number of ether oxygens (including phenoxy) is 1. The number of carbonyl (C=O) groups excluding carboxylic acids is 3. The van der Waals surface area contributed by atoms with E-state index in [0.29, 0.717) is 5.56 Å². The maximum absolute atomic E-state index is 13.3. The Labute approximate surface area is 197 Å². The van der Waals surface area contributed by atoms with Crippen LogP contribution in [0, 0.1) is 11.8 Å². The number of ketones is 1. The molecule has 1 aliphatic carbocycles. The van der Waals surface area contributed by atoms with Crippen molar-refractivity contribution < 1.29 is 32.3 Å². The second kappa shape index (κ2) is 10.0. The molecule has 33 heavy (non-hydrogen) atoms. The molecule has 184 valence electrons. The van der Waals surface area contributed by atoms with Gasteiger partial charge in [-0.25, -0.2) is 0 Å². The Morgan fingerprint density at radius 1 is 1.12 bits per heavy atom. The van der Waals surface area contributed by atoms with Crippen molar-refractivity contribution in [1.29, 1.82) is 0 Å². The van der Waals surface area contributed by atoms with E-state index in [1.165, 1.54) is 17.0 Å². The fourth-order valence-electron chi connectivity index (χ4n) is 4.00. The molecule has 2 rings (SSSR count). The number of nitrogens with zero attached hydrogens (tertiary/aromatic N) is 1. The summed E-state index contributed by atoms with van der Waals surface area (Å²) in [6.45, 7) is 8.89. The van der Waals surface area contributed by atoms with Gasteiger partial charge in [0, 0.05) is 13.0 Å². The number of hydrogen-bond acceptors (Lipinski definition) is 4. The zero-order valence-corrected chi connectivity index (χ0v) is 20.3. The van der Waals surface area contributed by atoms with Crippen LogP contribution < -0.4 is 0 Å². The minimum Gasteiger partial charge on any atom is -0.460 e. The number of Topliss-reactive ketones (excluding diaryl/α,β-unsaturated/α-hetero) is 1. The smallest absolute Gasteiger partial charge is 0.416 e. The lowest BCUT2D eigenvalue weighted by Crippen LogP contribution is -2.65. The van der Waals surface area contributed by atoms with Crippen LogP contribution in [-0.2, 0) is 31.8 Å². The zero-order chi connectivity index (χ0) is 25.2. The van der Waals surface area contributed by atoms with Crippen LogP contribution in [-0.4, -0.2) is 39.6 Å². The zero-order valence-electron chi connectivity index (χ0n) is 19.6. The topological polar surface area (TPSA) is 63.7 Å². The molecule has 1 aromatic carbocycles. The summed E-state index contributed by atoms with van der Waals surface area (Å²) in [7, 11) is 0. The summed E-state index contributed by atoms with van der Waals surface area (Å²) < 4.78 is 44.2. The van der Waals surface area contributed by atoms with Crippen molar-refractivity contribution in [3.63, 3.8) is 0 Å². The van der Waals surface area contributed by atoms with Crippen LogP contribution in [0.2, 0.25) is 0 Å². The Kier molecular flexibility index (Phi) is 8.26. The summed E-state index contributed by atoms with van der Waals surface area (Å²) >= 11 is 5.84. The predicted molar refractivity (Wildman–Crippen MR) is 118 cm³/mol. The van der Waals surface area contributed by atoms with Crippen LogP contribution in [0.5, 0.6) is 0 Å². The first kappa shape index (κ1) is 27.2. The van der Waals surface area contributed by atoms with Gasteiger partial charge in [-0.2, -0.15) is 13.2 Å². The second-order valence-electron chi connectivity index (χ2n) is 10.00. The standard InChI is InChI=1S/C24H31ClF3NO4/c1-15(2)10-19(30)23(11-17(12-23)21(32)33-22(3,4)5)29(20(31)13-25)14-16-6-8-18(9-7-16)24(26,27)28/h6-9,15,17H,10-14H2,1-5H3. The number of hydrogen-bond donors (Lipinski definition) is 0. The van der Waals surface area contributed by atoms with E-state index in [-0.39, 0.29) is 37.5 Å². The first-order valence-corrected chi connectivity index (χ1v) is 11.4. The van der Waals surface area contributed by atoms with Crippen molar-refractivity contribution in [2.45, 2.75) is 77.7 Å². The molecule has 1 amide bonds. The molecule has 0 aliphatic heterocycles. The van der Waals surface area contributed by atoms with Gasteiger partial charge in [0.2, 0.25) is 5.91 Å². The van der Waals surface area contributed by atoms with E-state index in [0.717, 1.165) is 12.1 Å². The highest BCUT2D eigenvalue weighted by Crippen LogP contribution is 2.46. The molecule has 0 atom stereocenters. The number of halogens is 4. The first-order chi connectivity index (χ1) is 15.1. The molecule has 0 saturated heterocycles. The van der Waals surface area contributed by atoms with Crippen molar-refractivity contribution in [2.75, 3.05) is 5.88 Å². The molecule has 9 heteroatoms. The van der Waals surface area contributed by atoms with Crippen molar-refractivity contribution >= 4 is 29.3 Å². The van der Waals surface area contributed by atoms with Crippen molar-refractivity contribution in [3.05, 3.63) is 35.4 Å². The third kappa shape index (κ3) is 6.71. The van der Waals surface area contributed by atoms with Gasteiger partial charge in [-0.3, -0.25) is 14.4 Å². The molecule has 0 spiro atoms. The lowest BCUT2D eigenvalue weighted by Gasteiger charge is -2.52. The van der Waals surface area contributed by atoms with E-state index in [1.54, 1.807) is 20.8 Å². The number of amides is 1. The van der Waals surface area contributed by atoms with E-state index in [1.807, 2.05) is 13.8 Å². The molecular formula is C24H31ClF3NO4. The maximum atomic E-state index is 13.3. The number of esters is 1. The van der Waals surface area contributed by atoms with Crippen LogP contribution in [0.3, 0.4) is 0 Å². The molecule has 0 unspecified atom stereocenters. The van der Waals surface area contributed by atoms with Crippen LogP contribution in [0.4, 0.5) is 13.2 Å². The highest BCUT2D eigenvalue weighted by atomic mass is 35.5. The Hall–Kier alpha value is -2.09. The largest absolute Gasteiger partial charge is 0.460 e. The Bertz CT molecular complexity index is 869. The van der Waals surface area contributed by atoms with E-state index in [2.05, 4.69) is 0 Å². The number of carbonyl (C=O) groups is 3. The molecule has 1 aliphatic rings. The van der Waals surface area contributed by atoms with Crippen molar-refractivity contribution in [3.8, 4) is 0 Å². The van der Waals surface area contributed by atoms with Crippen LogP contribution in [0.15, 0.2) is 24.3 Å². The quantitative estimate of drug-likeness (QED) is 0.363. The summed E-state index contributed by atoms with van der Waals surface area (Å²) in [5, 5.41) is 0. The Morgan fingerprint density at radius 2 is 1.67 bits per heavy atom. The third-order valence-electron chi connectivity index (χ3n) is 5.57. The first-order valence-electron chi connectivity index (χ1n) is 10.9. The van der Waals surface area contributed by atoms with Crippen LogP contribution in [0.1, 0.15) is 65.0 Å². The summed E-state index contributed by atoms with van der Waals surface area (Å²) in [5.41, 5.74) is -2.32. The van der Waals surface area contributed by atoms with Crippen molar-refractivity contribution in [1.82, 2.24) is 4.90 Å².